The van der Waals surface area contributed by atoms with Gasteiger partial charge in [-0.15, -0.1) is 0 Å². The van der Waals surface area contributed by atoms with Gasteiger partial charge in [-0.05, 0) is 12.3 Å². The Kier molecular flexibility index (Phi) is 2.78. The van der Waals surface area contributed by atoms with Gasteiger partial charge in [-0.1, -0.05) is 20.8 Å². The van der Waals surface area contributed by atoms with E-state index in [-0.39, 0.29) is 5.41 Å². The molecule has 0 fully saturated rings. The van der Waals surface area contributed by atoms with Crippen LogP contribution in [0.15, 0.2) is 5.10 Å². The SMILES string of the molecule is CCN1N=CN(CC(C)(C)C)C1F. The molecule has 0 aliphatic carbocycles. The van der Waals surface area contributed by atoms with Crippen molar-refractivity contribution in [3.63, 3.8) is 0 Å². The average Bonchev–Trinajstić information content (AvgIpc) is 2.30. The van der Waals surface area contributed by atoms with E-state index < -0.39 is 6.42 Å². The smallest absolute Gasteiger partial charge is 0.265 e. The summed E-state index contributed by atoms with van der Waals surface area (Å²) in [6.45, 7) is 9.45. The number of hydrogen-bond acceptors (Lipinski definition) is 3. The van der Waals surface area contributed by atoms with Gasteiger partial charge in [0, 0.05) is 13.1 Å². The number of halogens is 1. The van der Waals surface area contributed by atoms with Crippen LogP contribution in [0.3, 0.4) is 0 Å². The zero-order valence-electron chi connectivity index (χ0n) is 8.79. The molecule has 1 aliphatic rings. The van der Waals surface area contributed by atoms with E-state index in [1.165, 1.54) is 5.01 Å². The summed E-state index contributed by atoms with van der Waals surface area (Å²) in [5.41, 5.74) is 0.0973. The van der Waals surface area contributed by atoms with Crippen molar-refractivity contribution >= 4 is 6.34 Å². The second-order valence-electron chi connectivity index (χ2n) is 4.53. The largest absolute Gasteiger partial charge is 0.313 e. The van der Waals surface area contributed by atoms with Crippen molar-refractivity contribution in [3.8, 4) is 0 Å². The third-order valence-corrected chi connectivity index (χ3v) is 1.85. The van der Waals surface area contributed by atoms with Gasteiger partial charge in [-0.3, -0.25) is 0 Å². The Morgan fingerprint density at radius 1 is 1.46 bits per heavy atom. The molecular formula is C9H18FN3. The topological polar surface area (TPSA) is 18.8 Å². The van der Waals surface area contributed by atoms with Crippen molar-refractivity contribution in [2.24, 2.45) is 10.5 Å². The molecule has 0 radical (unpaired) electrons. The molecule has 0 saturated carbocycles. The molecule has 1 atom stereocenters. The highest BCUT2D eigenvalue weighted by Gasteiger charge is 2.28. The molecule has 0 spiro atoms. The van der Waals surface area contributed by atoms with Crippen LogP contribution in [0.1, 0.15) is 27.7 Å². The lowest BCUT2D eigenvalue weighted by molar-refractivity contribution is 0.00613. The van der Waals surface area contributed by atoms with Gasteiger partial charge in [0.25, 0.3) is 6.42 Å². The Balaban J connectivity index is 2.51. The van der Waals surface area contributed by atoms with Gasteiger partial charge in [0.15, 0.2) is 0 Å². The highest BCUT2D eigenvalue weighted by Crippen LogP contribution is 2.20. The first-order valence-corrected chi connectivity index (χ1v) is 4.64. The Bertz CT molecular complexity index is 198. The van der Waals surface area contributed by atoms with Crippen LogP contribution in [-0.4, -0.2) is 35.8 Å². The Labute approximate surface area is 79.2 Å². The molecule has 0 saturated heterocycles. The molecule has 0 aromatic carbocycles. The molecule has 0 aromatic rings. The summed E-state index contributed by atoms with van der Waals surface area (Å²) in [5.74, 6) is 0. The van der Waals surface area contributed by atoms with Crippen molar-refractivity contribution in [1.29, 1.82) is 0 Å². The zero-order valence-corrected chi connectivity index (χ0v) is 8.79. The summed E-state index contributed by atoms with van der Waals surface area (Å²) in [4.78, 5) is 1.63. The van der Waals surface area contributed by atoms with Crippen molar-refractivity contribution in [3.05, 3.63) is 0 Å². The van der Waals surface area contributed by atoms with Crippen molar-refractivity contribution in [2.75, 3.05) is 13.1 Å². The minimum Gasteiger partial charge on any atom is -0.313 e. The maximum absolute atomic E-state index is 13.5. The van der Waals surface area contributed by atoms with Crippen LogP contribution in [0, 0.1) is 5.41 Å². The summed E-state index contributed by atoms with van der Waals surface area (Å²) >= 11 is 0. The van der Waals surface area contributed by atoms with Gasteiger partial charge in [0.2, 0.25) is 0 Å². The van der Waals surface area contributed by atoms with Gasteiger partial charge < -0.3 is 4.90 Å². The summed E-state index contributed by atoms with van der Waals surface area (Å²) < 4.78 is 13.5. The molecule has 1 heterocycles. The van der Waals surface area contributed by atoms with E-state index in [0.717, 1.165) is 0 Å². The van der Waals surface area contributed by atoms with E-state index in [4.69, 9.17) is 0 Å². The van der Waals surface area contributed by atoms with E-state index in [0.29, 0.717) is 13.1 Å². The Morgan fingerprint density at radius 3 is 2.46 bits per heavy atom. The minimum atomic E-state index is -1.08. The predicted molar refractivity (Wildman–Crippen MR) is 51.9 cm³/mol. The summed E-state index contributed by atoms with van der Waals surface area (Å²) in [6, 6.07) is 0. The quantitative estimate of drug-likeness (QED) is 0.614. The van der Waals surface area contributed by atoms with E-state index in [2.05, 4.69) is 25.9 Å². The second kappa shape index (κ2) is 3.52. The minimum absolute atomic E-state index is 0.0973. The van der Waals surface area contributed by atoms with Gasteiger partial charge in [-0.2, -0.15) is 9.49 Å². The first-order valence-electron chi connectivity index (χ1n) is 4.64. The third-order valence-electron chi connectivity index (χ3n) is 1.85. The van der Waals surface area contributed by atoms with Gasteiger partial charge in [0.1, 0.15) is 6.34 Å². The molecule has 0 bridgehead atoms. The van der Waals surface area contributed by atoms with Crippen LogP contribution in [0.2, 0.25) is 0 Å². The van der Waals surface area contributed by atoms with Gasteiger partial charge in [-0.25, -0.2) is 5.01 Å². The van der Waals surface area contributed by atoms with Crippen LogP contribution >= 0.6 is 0 Å². The van der Waals surface area contributed by atoms with Crippen LogP contribution in [0.25, 0.3) is 0 Å². The summed E-state index contributed by atoms with van der Waals surface area (Å²) in [6.07, 6.45) is 0.503. The Morgan fingerprint density at radius 2 is 2.08 bits per heavy atom. The maximum Gasteiger partial charge on any atom is 0.265 e. The number of hydrogen-bond donors (Lipinski definition) is 0. The molecule has 1 unspecified atom stereocenters. The lowest BCUT2D eigenvalue weighted by Gasteiger charge is -2.29. The number of hydrazone groups is 1. The molecule has 3 nitrogen and oxygen atoms in total. The predicted octanol–water partition coefficient (Wildman–Crippen LogP) is 1.87. The zero-order chi connectivity index (χ0) is 10.1. The molecule has 0 aromatic heterocycles. The normalized spacial score (nSPS) is 23.0. The summed E-state index contributed by atoms with van der Waals surface area (Å²) in [5, 5.41) is 5.40. The van der Waals surface area contributed by atoms with Gasteiger partial charge >= 0.3 is 0 Å². The van der Waals surface area contributed by atoms with Crippen LogP contribution in [0.4, 0.5) is 4.39 Å². The van der Waals surface area contributed by atoms with E-state index in [9.17, 15) is 4.39 Å². The van der Waals surface area contributed by atoms with Crippen molar-refractivity contribution in [1.82, 2.24) is 9.91 Å². The lowest BCUT2D eigenvalue weighted by atomic mass is 9.96. The molecule has 1 aliphatic heterocycles. The molecule has 0 amide bonds. The number of alkyl halides is 1. The van der Waals surface area contributed by atoms with Gasteiger partial charge in [0.05, 0.1) is 0 Å². The van der Waals surface area contributed by atoms with E-state index >= 15 is 0 Å². The van der Waals surface area contributed by atoms with Crippen molar-refractivity contribution in [2.45, 2.75) is 34.1 Å². The van der Waals surface area contributed by atoms with E-state index in [1.807, 2.05) is 6.92 Å². The first-order chi connectivity index (χ1) is 5.94. The fraction of sp³-hybridized carbons (Fsp3) is 0.889. The highest BCUT2D eigenvalue weighted by molar-refractivity contribution is 5.56. The standard InChI is InChI=1S/C9H18FN3/c1-5-13-8(10)12(7-11-13)6-9(2,3)4/h7-8H,5-6H2,1-4H3. The van der Waals surface area contributed by atoms with E-state index in [1.54, 1.807) is 11.2 Å². The van der Waals surface area contributed by atoms with Crippen LogP contribution in [0.5, 0.6) is 0 Å². The highest BCUT2D eigenvalue weighted by atomic mass is 19.1. The molecule has 4 heteroatoms. The van der Waals surface area contributed by atoms with Crippen LogP contribution in [-0.2, 0) is 0 Å². The molecular weight excluding hydrogens is 169 g/mol. The fourth-order valence-corrected chi connectivity index (χ4v) is 1.31. The van der Waals surface area contributed by atoms with Crippen LogP contribution < -0.4 is 0 Å². The second-order valence-corrected chi connectivity index (χ2v) is 4.53. The van der Waals surface area contributed by atoms with Crippen molar-refractivity contribution < 1.29 is 4.39 Å². The third kappa shape index (κ3) is 2.57. The molecule has 0 N–H and O–H groups in total. The monoisotopic (exact) mass is 187 g/mol. The number of rotatable bonds is 2. The molecule has 13 heavy (non-hydrogen) atoms. The number of nitrogens with zero attached hydrogens (tertiary/aromatic N) is 3. The summed E-state index contributed by atoms with van der Waals surface area (Å²) in [7, 11) is 0. The molecule has 76 valence electrons. The molecule has 1 rings (SSSR count). The first kappa shape index (κ1) is 10.3. The lowest BCUT2D eigenvalue weighted by Crippen LogP contribution is -2.40. The fourth-order valence-electron chi connectivity index (χ4n) is 1.31. The average molecular weight is 187 g/mol. The Hall–Kier alpha value is -0.800. The maximum atomic E-state index is 13.5.